The van der Waals surface area contributed by atoms with E-state index in [9.17, 15) is 0 Å². The fourth-order valence-corrected chi connectivity index (χ4v) is 1.72. The zero-order valence-electron chi connectivity index (χ0n) is 6.60. The summed E-state index contributed by atoms with van der Waals surface area (Å²) >= 11 is 5.84. The van der Waals surface area contributed by atoms with Gasteiger partial charge in [-0.25, -0.2) is 0 Å². The van der Waals surface area contributed by atoms with Crippen molar-refractivity contribution >= 4 is 11.6 Å². The van der Waals surface area contributed by atoms with E-state index in [1.165, 1.54) is 24.0 Å². The molecule has 1 aromatic rings. The molecule has 1 aliphatic carbocycles. The minimum absolute atomic E-state index is 0.840. The van der Waals surface area contributed by atoms with Crippen molar-refractivity contribution in [2.24, 2.45) is 0 Å². The lowest BCUT2D eigenvalue weighted by molar-refractivity contribution is 1.10. The SMILES string of the molecule is Cc1cc(Cl)ccc1C1CC1. The maximum Gasteiger partial charge on any atom is 0.0408 e. The highest BCUT2D eigenvalue weighted by atomic mass is 35.5. The molecule has 1 heteroatoms. The van der Waals surface area contributed by atoms with E-state index in [0.29, 0.717) is 0 Å². The molecule has 0 aromatic heterocycles. The lowest BCUT2D eigenvalue weighted by Gasteiger charge is -2.02. The molecule has 0 amide bonds. The molecule has 2 rings (SSSR count). The Morgan fingerprint density at radius 2 is 2.09 bits per heavy atom. The van der Waals surface area contributed by atoms with E-state index in [-0.39, 0.29) is 0 Å². The average molecular weight is 167 g/mol. The van der Waals surface area contributed by atoms with Crippen LogP contribution in [0.15, 0.2) is 18.2 Å². The number of halogens is 1. The fraction of sp³-hybridized carbons (Fsp3) is 0.400. The van der Waals surface area contributed by atoms with Crippen molar-refractivity contribution in [1.82, 2.24) is 0 Å². The molecule has 11 heavy (non-hydrogen) atoms. The van der Waals surface area contributed by atoms with Crippen molar-refractivity contribution < 1.29 is 0 Å². The third-order valence-electron chi connectivity index (χ3n) is 2.25. The Balaban J connectivity index is 2.39. The second kappa shape index (κ2) is 2.53. The van der Waals surface area contributed by atoms with Crippen LogP contribution in [0.3, 0.4) is 0 Å². The van der Waals surface area contributed by atoms with Gasteiger partial charge in [0, 0.05) is 5.02 Å². The van der Waals surface area contributed by atoms with E-state index < -0.39 is 0 Å². The summed E-state index contributed by atoms with van der Waals surface area (Å²) in [4.78, 5) is 0. The number of hydrogen-bond acceptors (Lipinski definition) is 0. The standard InChI is InChI=1S/C10H11Cl/c1-7-6-9(11)4-5-10(7)8-2-3-8/h4-6,8H,2-3H2,1H3. The van der Waals surface area contributed by atoms with Gasteiger partial charge in [0.2, 0.25) is 0 Å². The lowest BCUT2D eigenvalue weighted by atomic mass is 10.1. The molecule has 0 nitrogen and oxygen atoms in total. The summed E-state index contributed by atoms with van der Waals surface area (Å²) in [6, 6.07) is 6.20. The van der Waals surface area contributed by atoms with Gasteiger partial charge in [-0.1, -0.05) is 17.7 Å². The van der Waals surface area contributed by atoms with Crippen molar-refractivity contribution in [3.05, 3.63) is 34.3 Å². The molecule has 1 aromatic carbocycles. The van der Waals surface area contributed by atoms with Gasteiger partial charge in [-0.05, 0) is 48.9 Å². The molecular formula is C10H11Cl. The molecular weight excluding hydrogens is 156 g/mol. The predicted molar refractivity (Wildman–Crippen MR) is 48.2 cm³/mol. The summed E-state index contributed by atoms with van der Waals surface area (Å²) in [7, 11) is 0. The van der Waals surface area contributed by atoms with Crippen LogP contribution in [0.4, 0.5) is 0 Å². The maximum atomic E-state index is 5.84. The summed E-state index contributed by atoms with van der Waals surface area (Å²) in [5.74, 6) is 0.840. The minimum atomic E-state index is 0.840. The van der Waals surface area contributed by atoms with Crippen LogP contribution in [-0.4, -0.2) is 0 Å². The Bertz CT molecular complexity index is 274. The van der Waals surface area contributed by atoms with Gasteiger partial charge in [-0.2, -0.15) is 0 Å². The Kier molecular flexibility index (Phi) is 1.65. The molecule has 0 saturated heterocycles. The van der Waals surface area contributed by atoms with Gasteiger partial charge in [0.15, 0.2) is 0 Å². The zero-order chi connectivity index (χ0) is 7.84. The smallest absolute Gasteiger partial charge is 0.0408 e. The highest BCUT2D eigenvalue weighted by Gasteiger charge is 2.24. The Hall–Kier alpha value is -0.490. The molecule has 0 N–H and O–H groups in total. The second-order valence-corrected chi connectivity index (χ2v) is 3.71. The third kappa shape index (κ3) is 1.41. The Labute approximate surface area is 72.2 Å². The van der Waals surface area contributed by atoms with Crippen LogP contribution in [0, 0.1) is 6.92 Å². The monoisotopic (exact) mass is 166 g/mol. The van der Waals surface area contributed by atoms with Crippen LogP contribution in [0.1, 0.15) is 29.9 Å². The molecule has 1 fully saturated rings. The van der Waals surface area contributed by atoms with Gasteiger partial charge < -0.3 is 0 Å². The number of hydrogen-bond donors (Lipinski definition) is 0. The highest BCUT2D eigenvalue weighted by molar-refractivity contribution is 6.30. The first kappa shape index (κ1) is 7.17. The van der Waals surface area contributed by atoms with Crippen molar-refractivity contribution in [1.29, 1.82) is 0 Å². The largest absolute Gasteiger partial charge is 0.0843 e. The normalized spacial score (nSPS) is 16.9. The summed E-state index contributed by atoms with van der Waals surface area (Å²) in [6.07, 6.45) is 2.73. The van der Waals surface area contributed by atoms with Gasteiger partial charge in [0.25, 0.3) is 0 Å². The molecule has 0 unspecified atom stereocenters. The summed E-state index contributed by atoms with van der Waals surface area (Å²) in [6.45, 7) is 2.14. The van der Waals surface area contributed by atoms with Gasteiger partial charge in [0.05, 0.1) is 0 Å². The van der Waals surface area contributed by atoms with E-state index in [2.05, 4.69) is 19.1 Å². The summed E-state index contributed by atoms with van der Waals surface area (Å²) in [5, 5.41) is 0.854. The van der Waals surface area contributed by atoms with E-state index >= 15 is 0 Å². The maximum absolute atomic E-state index is 5.84. The first-order chi connectivity index (χ1) is 5.27. The highest BCUT2D eigenvalue weighted by Crippen LogP contribution is 2.41. The first-order valence-electron chi connectivity index (χ1n) is 4.03. The predicted octanol–water partition coefficient (Wildman–Crippen LogP) is 3.53. The molecule has 0 bridgehead atoms. The quantitative estimate of drug-likeness (QED) is 0.599. The zero-order valence-corrected chi connectivity index (χ0v) is 7.36. The minimum Gasteiger partial charge on any atom is -0.0843 e. The van der Waals surface area contributed by atoms with Crippen molar-refractivity contribution in [3.8, 4) is 0 Å². The molecule has 0 aliphatic heterocycles. The van der Waals surface area contributed by atoms with Crippen molar-refractivity contribution in [2.75, 3.05) is 0 Å². The number of benzene rings is 1. The van der Waals surface area contributed by atoms with E-state index in [1.54, 1.807) is 0 Å². The second-order valence-electron chi connectivity index (χ2n) is 3.28. The van der Waals surface area contributed by atoms with Gasteiger partial charge in [0.1, 0.15) is 0 Å². The molecule has 0 atom stereocenters. The van der Waals surface area contributed by atoms with Crippen molar-refractivity contribution in [2.45, 2.75) is 25.7 Å². The molecule has 1 aliphatic rings. The molecule has 0 heterocycles. The summed E-state index contributed by atoms with van der Waals surface area (Å²) in [5.41, 5.74) is 2.84. The average Bonchev–Trinajstić information content (AvgIpc) is 2.70. The first-order valence-corrected chi connectivity index (χ1v) is 4.41. The summed E-state index contributed by atoms with van der Waals surface area (Å²) < 4.78 is 0. The van der Waals surface area contributed by atoms with E-state index in [4.69, 9.17) is 11.6 Å². The van der Waals surface area contributed by atoms with E-state index in [1.807, 2.05) is 6.07 Å². The van der Waals surface area contributed by atoms with Crippen LogP contribution in [-0.2, 0) is 0 Å². The number of aryl methyl sites for hydroxylation is 1. The van der Waals surface area contributed by atoms with Crippen LogP contribution < -0.4 is 0 Å². The van der Waals surface area contributed by atoms with Gasteiger partial charge in [-0.15, -0.1) is 0 Å². The lowest BCUT2D eigenvalue weighted by Crippen LogP contribution is -1.84. The molecule has 58 valence electrons. The van der Waals surface area contributed by atoms with Gasteiger partial charge >= 0.3 is 0 Å². The number of rotatable bonds is 1. The van der Waals surface area contributed by atoms with Crippen LogP contribution in [0.25, 0.3) is 0 Å². The fourth-order valence-electron chi connectivity index (χ4n) is 1.49. The van der Waals surface area contributed by atoms with Crippen LogP contribution in [0.5, 0.6) is 0 Å². The Morgan fingerprint density at radius 1 is 1.36 bits per heavy atom. The van der Waals surface area contributed by atoms with Crippen LogP contribution in [0.2, 0.25) is 5.02 Å². The molecule has 0 spiro atoms. The Morgan fingerprint density at radius 3 is 2.64 bits per heavy atom. The molecule has 0 radical (unpaired) electrons. The third-order valence-corrected chi connectivity index (χ3v) is 2.48. The van der Waals surface area contributed by atoms with Gasteiger partial charge in [-0.3, -0.25) is 0 Å². The van der Waals surface area contributed by atoms with Crippen molar-refractivity contribution in [3.63, 3.8) is 0 Å². The van der Waals surface area contributed by atoms with E-state index in [0.717, 1.165) is 10.9 Å². The molecule has 1 saturated carbocycles. The van der Waals surface area contributed by atoms with Crippen LogP contribution >= 0.6 is 11.6 Å². The topological polar surface area (TPSA) is 0 Å².